The molecule has 0 atom stereocenters. The lowest BCUT2D eigenvalue weighted by Gasteiger charge is -2.39. The number of piperidine rings is 1. The average Bonchev–Trinajstić information content (AvgIpc) is 2.57. The Balaban J connectivity index is 1.98. The van der Waals surface area contributed by atoms with Crippen molar-refractivity contribution in [1.82, 2.24) is 4.90 Å². The van der Waals surface area contributed by atoms with E-state index in [1.54, 1.807) is 0 Å². The van der Waals surface area contributed by atoms with Crippen LogP contribution in [0.15, 0.2) is 18.2 Å². The lowest BCUT2D eigenvalue weighted by molar-refractivity contribution is -0.145. The molecule has 0 aliphatic carbocycles. The zero-order chi connectivity index (χ0) is 17.0. The minimum absolute atomic E-state index is 0.0749. The van der Waals surface area contributed by atoms with Gasteiger partial charge in [-0.25, -0.2) is 4.39 Å². The topological polar surface area (TPSA) is 69.6 Å². The fraction of sp³-hybridized carbons (Fsp3) is 0.500. The molecule has 0 bridgehead atoms. The van der Waals surface area contributed by atoms with Gasteiger partial charge in [0, 0.05) is 24.7 Å². The highest BCUT2D eigenvalue weighted by molar-refractivity contribution is 6.39. The van der Waals surface area contributed by atoms with Gasteiger partial charge < -0.3 is 15.3 Å². The van der Waals surface area contributed by atoms with Gasteiger partial charge in [0.05, 0.1) is 5.69 Å². The third-order valence-corrected chi connectivity index (χ3v) is 4.80. The maximum atomic E-state index is 13.6. The van der Waals surface area contributed by atoms with Crippen LogP contribution in [0, 0.1) is 11.2 Å². The van der Waals surface area contributed by atoms with Gasteiger partial charge >= 0.3 is 11.8 Å². The van der Waals surface area contributed by atoms with Crippen molar-refractivity contribution in [2.75, 3.05) is 25.0 Å². The lowest BCUT2D eigenvalue weighted by atomic mass is 9.77. The molecule has 0 saturated carbocycles. The Bertz CT molecular complexity index is 595. The zero-order valence-corrected chi connectivity index (χ0v) is 13.7. The van der Waals surface area contributed by atoms with E-state index in [0.717, 1.165) is 12.5 Å². The molecular formula is C16H20ClFN2O3. The minimum Gasteiger partial charge on any atom is -0.396 e. The Morgan fingerprint density at radius 3 is 2.61 bits per heavy atom. The van der Waals surface area contributed by atoms with Crippen LogP contribution in [0.5, 0.6) is 0 Å². The van der Waals surface area contributed by atoms with Gasteiger partial charge in [0.25, 0.3) is 0 Å². The normalized spacial score (nSPS) is 17.0. The third kappa shape index (κ3) is 4.00. The quantitative estimate of drug-likeness (QED) is 0.829. The lowest BCUT2D eigenvalue weighted by Crippen LogP contribution is -2.48. The summed E-state index contributed by atoms with van der Waals surface area (Å²) >= 11 is 5.75. The molecule has 1 saturated heterocycles. The Morgan fingerprint density at radius 2 is 2.04 bits per heavy atom. The van der Waals surface area contributed by atoms with Crippen LogP contribution in [0.1, 0.15) is 26.2 Å². The van der Waals surface area contributed by atoms with E-state index in [9.17, 15) is 19.1 Å². The van der Waals surface area contributed by atoms with E-state index in [1.807, 2.05) is 6.92 Å². The van der Waals surface area contributed by atoms with Gasteiger partial charge in [-0.15, -0.1) is 0 Å². The minimum atomic E-state index is -0.890. The first kappa shape index (κ1) is 17.7. The van der Waals surface area contributed by atoms with Crippen LogP contribution < -0.4 is 5.32 Å². The second-order valence-electron chi connectivity index (χ2n) is 5.88. The summed E-state index contributed by atoms with van der Waals surface area (Å²) in [5.41, 5.74) is -0.294. The number of carbonyl (C=O) groups is 2. The summed E-state index contributed by atoms with van der Waals surface area (Å²) in [6.07, 6.45) is 2.11. The van der Waals surface area contributed by atoms with E-state index in [4.69, 9.17) is 11.6 Å². The number of aliphatic hydroxyl groups excluding tert-OH is 1. The summed E-state index contributed by atoms with van der Waals surface area (Å²) < 4.78 is 13.6. The number of hydrogen-bond acceptors (Lipinski definition) is 3. The monoisotopic (exact) mass is 342 g/mol. The average molecular weight is 343 g/mol. The Labute approximate surface area is 139 Å². The van der Waals surface area contributed by atoms with E-state index in [-0.39, 0.29) is 22.7 Å². The molecule has 0 unspecified atom stereocenters. The number of halogens is 2. The first-order chi connectivity index (χ1) is 10.9. The predicted octanol–water partition coefficient (Wildman–Crippen LogP) is 2.43. The molecule has 0 radical (unpaired) electrons. The van der Waals surface area contributed by atoms with Gasteiger partial charge in [0.15, 0.2) is 0 Å². The highest BCUT2D eigenvalue weighted by atomic mass is 35.5. The molecule has 2 amide bonds. The molecule has 5 nitrogen and oxygen atoms in total. The van der Waals surface area contributed by atoms with Crippen molar-refractivity contribution in [3.63, 3.8) is 0 Å². The van der Waals surface area contributed by atoms with Crippen LogP contribution in [-0.4, -0.2) is 41.5 Å². The van der Waals surface area contributed by atoms with E-state index < -0.39 is 17.6 Å². The Hall–Kier alpha value is -1.66. The van der Waals surface area contributed by atoms with Crippen molar-refractivity contribution < 1.29 is 19.1 Å². The van der Waals surface area contributed by atoms with Crippen LogP contribution >= 0.6 is 11.6 Å². The van der Waals surface area contributed by atoms with Gasteiger partial charge in [-0.3, -0.25) is 9.59 Å². The molecule has 1 aromatic carbocycles. The summed E-state index contributed by atoms with van der Waals surface area (Å²) in [5.74, 6) is -2.24. The number of anilines is 1. The maximum absolute atomic E-state index is 13.6. The van der Waals surface area contributed by atoms with Crippen LogP contribution in [0.4, 0.5) is 10.1 Å². The van der Waals surface area contributed by atoms with E-state index in [1.165, 1.54) is 17.0 Å². The fourth-order valence-electron chi connectivity index (χ4n) is 2.72. The number of nitrogens with one attached hydrogen (secondary N) is 1. The molecule has 7 heteroatoms. The van der Waals surface area contributed by atoms with Crippen LogP contribution in [-0.2, 0) is 9.59 Å². The molecule has 1 aliphatic heterocycles. The second-order valence-corrected chi connectivity index (χ2v) is 6.32. The standard InChI is InChI=1S/C16H20ClFN2O3/c1-2-16(10-21)5-7-20(8-6-16)15(23)14(22)19-13-9-11(17)3-4-12(13)18/h3-4,9,21H,2,5-8,10H2,1H3,(H,19,22). The molecule has 2 rings (SSSR count). The van der Waals surface area contributed by atoms with Gasteiger partial charge in [0.2, 0.25) is 0 Å². The van der Waals surface area contributed by atoms with Crippen LogP contribution in [0.3, 0.4) is 0 Å². The number of hydrogen-bond donors (Lipinski definition) is 2. The van der Waals surface area contributed by atoms with E-state index in [2.05, 4.69) is 5.32 Å². The first-order valence-corrected chi connectivity index (χ1v) is 7.95. The van der Waals surface area contributed by atoms with Gasteiger partial charge in [0.1, 0.15) is 5.82 Å². The third-order valence-electron chi connectivity index (χ3n) is 4.57. The van der Waals surface area contributed by atoms with Crippen molar-refractivity contribution >= 4 is 29.1 Å². The number of amides is 2. The van der Waals surface area contributed by atoms with Gasteiger partial charge in [-0.05, 0) is 42.9 Å². The summed E-state index contributed by atoms with van der Waals surface area (Å²) in [7, 11) is 0. The number of carbonyl (C=O) groups excluding carboxylic acids is 2. The predicted molar refractivity (Wildman–Crippen MR) is 85.7 cm³/mol. The maximum Gasteiger partial charge on any atom is 0.313 e. The van der Waals surface area contributed by atoms with E-state index in [0.29, 0.717) is 25.9 Å². The van der Waals surface area contributed by atoms with Gasteiger partial charge in [-0.1, -0.05) is 18.5 Å². The van der Waals surface area contributed by atoms with Crippen LogP contribution in [0.2, 0.25) is 5.02 Å². The van der Waals surface area contributed by atoms with Crippen molar-refractivity contribution in [1.29, 1.82) is 0 Å². The number of benzene rings is 1. The zero-order valence-electron chi connectivity index (χ0n) is 12.9. The number of nitrogens with zero attached hydrogens (tertiary/aromatic N) is 1. The highest BCUT2D eigenvalue weighted by Crippen LogP contribution is 2.34. The number of likely N-dealkylation sites (tertiary alicyclic amines) is 1. The number of rotatable bonds is 3. The molecule has 1 fully saturated rings. The first-order valence-electron chi connectivity index (χ1n) is 7.57. The molecule has 0 aromatic heterocycles. The SMILES string of the molecule is CCC1(CO)CCN(C(=O)C(=O)Nc2cc(Cl)ccc2F)CC1. The molecule has 126 valence electrons. The Morgan fingerprint density at radius 1 is 1.39 bits per heavy atom. The highest BCUT2D eigenvalue weighted by Gasteiger charge is 2.35. The molecule has 1 aliphatic rings. The van der Waals surface area contributed by atoms with Crippen molar-refractivity contribution in [3.8, 4) is 0 Å². The molecule has 1 aromatic rings. The van der Waals surface area contributed by atoms with Crippen molar-refractivity contribution in [3.05, 3.63) is 29.0 Å². The summed E-state index contributed by atoms with van der Waals surface area (Å²) in [6, 6.07) is 3.74. The fourth-order valence-corrected chi connectivity index (χ4v) is 2.89. The molecule has 1 heterocycles. The summed E-state index contributed by atoms with van der Waals surface area (Å²) in [6.45, 7) is 2.88. The Kier molecular flexibility index (Phi) is 5.59. The smallest absolute Gasteiger partial charge is 0.313 e. The second kappa shape index (κ2) is 7.27. The van der Waals surface area contributed by atoms with Gasteiger partial charge in [-0.2, -0.15) is 0 Å². The van der Waals surface area contributed by atoms with Crippen molar-refractivity contribution in [2.45, 2.75) is 26.2 Å². The van der Waals surface area contributed by atoms with E-state index >= 15 is 0 Å². The largest absolute Gasteiger partial charge is 0.396 e. The van der Waals surface area contributed by atoms with Crippen molar-refractivity contribution in [2.24, 2.45) is 5.41 Å². The molecule has 2 N–H and O–H groups in total. The molecular weight excluding hydrogens is 323 g/mol. The van der Waals surface area contributed by atoms with Crippen LogP contribution in [0.25, 0.3) is 0 Å². The summed E-state index contributed by atoms with van der Waals surface area (Å²) in [4.78, 5) is 25.6. The molecule has 0 spiro atoms. The summed E-state index contributed by atoms with van der Waals surface area (Å²) in [5, 5.41) is 12.0. The molecule has 23 heavy (non-hydrogen) atoms. The number of aliphatic hydroxyl groups is 1.